The molecule has 2 aromatic rings. The van der Waals surface area contributed by atoms with Gasteiger partial charge in [-0.1, -0.05) is 32.0 Å². The van der Waals surface area contributed by atoms with Crippen LogP contribution in [0.25, 0.3) is 10.9 Å². The Kier molecular flexibility index (Phi) is 6.45. The largest absolute Gasteiger partial charge is 0.381 e. The summed E-state index contributed by atoms with van der Waals surface area (Å²) in [6.07, 6.45) is 3.13. The highest BCUT2D eigenvalue weighted by Gasteiger charge is 2.21. The van der Waals surface area contributed by atoms with Gasteiger partial charge in [-0.2, -0.15) is 0 Å². The SMILES string of the molecule is CC(C)COCCCNC(=O)c1cc2ccccc2nc1N1CCCC1. The van der Waals surface area contributed by atoms with Gasteiger partial charge in [0.2, 0.25) is 0 Å². The summed E-state index contributed by atoms with van der Waals surface area (Å²) in [5.41, 5.74) is 1.61. The topological polar surface area (TPSA) is 54.5 Å². The van der Waals surface area contributed by atoms with Crippen LogP contribution in [0.15, 0.2) is 30.3 Å². The van der Waals surface area contributed by atoms with E-state index in [4.69, 9.17) is 9.72 Å². The van der Waals surface area contributed by atoms with Gasteiger partial charge in [0.25, 0.3) is 5.91 Å². The van der Waals surface area contributed by atoms with E-state index in [1.807, 2.05) is 30.3 Å². The minimum Gasteiger partial charge on any atom is -0.381 e. The molecule has 1 aliphatic heterocycles. The molecule has 1 aromatic heterocycles. The van der Waals surface area contributed by atoms with E-state index in [0.29, 0.717) is 24.6 Å². The summed E-state index contributed by atoms with van der Waals surface area (Å²) in [4.78, 5) is 19.8. The maximum atomic E-state index is 12.8. The average molecular weight is 355 g/mol. The second-order valence-corrected chi connectivity index (χ2v) is 7.32. The summed E-state index contributed by atoms with van der Waals surface area (Å²) in [5.74, 6) is 1.31. The van der Waals surface area contributed by atoms with Crippen LogP contribution in [0.3, 0.4) is 0 Å². The first-order valence-corrected chi connectivity index (χ1v) is 9.66. The molecule has 1 amide bonds. The third kappa shape index (κ3) is 4.73. The van der Waals surface area contributed by atoms with E-state index in [1.165, 1.54) is 0 Å². The molecule has 0 unspecified atom stereocenters. The lowest BCUT2D eigenvalue weighted by Gasteiger charge is -2.20. The Hall–Kier alpha value is -2.14. The average Bonchev–Trinajstić information content (AvgIpc) is 3.17. The van der Waals surface area contributed by atoms with Crippen molar-refractivity contribution in [2.45, 2.75) is 33.1 Å². The molecule has 1 N–H and O–H groups in total. The fourth-order valence-corrected chi connectivity index (χ4v) is 3.23. The third-order valence-electron chi connectivity index (χ3n) is 4.56. The highest BCUT2D eigenvalue weighted by Crippen LogP contribution is 2.26. The molecule has 5 nitrogen and oxygen atoms in total. The van der Waals surface area contributed by atoms with Gasteiger partial charge in [-0.05, 0) is 37.3 Å². The van der Waals surface area contributed by atoms with Crippen molar-refractivity contribution in [1.82, 2.24) is 10.3 Å². The molecule has 0 aliphatic carbocycles. The van der Waals surface area contributed by atoms with Crippen molar-refractivity contribution < 1.29 is 9.53 Å². The van der Waals surface area contributed by atoms with E-state index >= 15 is 0 Å². The van der Waals surface area contributed by atoms with E-state index in [2.05, 4.69) is 24.1 Å². The van der Waals surface area contributed by atoms with Crippen LogP contribution in [0.4, 0.5) is 5.82 Å². The molecule has 3 rings (SSSR count). The second kappa shape index (κ2) is 8.99. The number of carbonyl (C=O) groups is 1. The minimum atomic E-state index is -0.0472. The molecule has 1 fully saturated rings. The lowest BCUT2D eigenvalue weighted by atomic mass is 10.1. The second-order valence-electron chi connectivity index (χ2n) is 7.32. The summed E-state index contributed by atoms with van der Waals surface area (Å²) in [7, 11) is 0. The number of benzene rings is 1. The summed E-state index contributed by atoms with van der Waals surface area (Å²) in [6, 6.07) is 9.95. The molecule has 0 atom stereocenters. The van der Waals surface area contributed by atoms with Crippen LogP contribution in [0.5, 0.6) is 0 Å². The zero-order valence-electron chi connectivity index (χ0n) is 15.8. The van der Waals surface area contributed by atoms with Crippen molar-refractivity contribution in [3.63, 3.8) is 0 Å². The summed E-state index contributed by atoms with van der Waals surface area (Å²) in [6.45, 7) is 8.25. The van der Waals surface area contributed by atoms with Crippen LogP contribution < -0.4 is 10.2 Å². The number of rotatable bonds is 8. The maximum absolute atomic E-state index is 12.8. The van der Waals surface area contributed by atoms with E-state index in [9.17, 15) is 4.79 Å². The molecule has 0 saturated carbocycles. The zero-order valence-corrected chi connectivity index (χ0v) is 15.8. The smallest absolute Gasteiger partial charge is 0.255 e. The quantitative estimate of drug-likeness (QED) is 0.735. The minimum absolute atomic E-state index is 0.0472. The molecule has 26 heavy (non-hydrogen) atoms. The Balaban J connectivity index is 1.68. The fourth-order valence-electron chi connectivity index (χ4n) is 3.23. The van der Waals surface area contributed by atoms with E-state index in [0.717, 1.165) is 55.7 Å². The molecular formula is C21H29N3O2. The van der Waals surface area contributed by atoms with E-state index in [-0.39, 0.29) is 5.91 Å². The number of ether oxygens (including phenoxy) is 1. The molecule has 2 heterocycles. The highest BCUT2D eigenvalue weighted by molar-refractivity contribution is 6.02. The van der Waals surface area contributed by atoms with Gasteiger partial charge in [-0.15, -0.1) is 0 Å². The first-order valence-electron chi connectivity index (χ1n) is 9.66. The molecule has 1 aliphatic rings. The van der Waals surface area contributed by atoms with Crippen LogP contribution in [0.2, 0.25) is 0 Å². The normalized spacial score (nSPS) is 14.3. The first-order chi connectivity index (χ1) is 12.6. The number of para-hydroxylation sites is 1. The first kappa shape index (κ1) is 18.6. The van der Waals surface area contributed by atoms with Crippen LogP contribution in [-0.4, -0.2) is 43.7 Å². The number of nitrogens with zero attached hydrogens (tertiary/aromatic N) is 2. The number of pyridine rings is 1. The Labute approximate surface area is 155 Å². The van der Waals surface area contributed by atoms with Crippen molar-refractivity contribution in [2.24, 2.45) is 5.92 Å². The van der Waals surface area contributed by atoms with Crippen molar-refractivity contribution in [2.75, 3.05) is 37.7 Å². The fraction of sp³-hybridized carbons (Fsp3) is 0.524. The predicted octanol–water partition coefficient (Wildman–Crippen LogP) is 3.63. The van der Waals surface area contributed by atoms with Crippen LogP contribution >= 0.6 is 0 Å². The number of amides is 1. The van der Waals surface area contributed by atoms with Gasteiger partial charge in [0.1, 0.15) is 5.82 Å². The number of fused-ring (bicyclic) bond motifs is 1. The van der Waals surface area contributed by atoms with Gasteiger partial charge in [-0.3, -0.25) is 4.79 Å². The standard InChI is InChI=1S/C21H29N3O2/c1-16(2)15-26-13-7-10-22-21(25)18-14-17-8-3-4-9-19(17)23-20(18)24-11-5-6-12-24/h3-4,8-9,14,16H,5-7,10-13,15H2,1-2H3,(H,22,25). The van der Waals surface area contributed by atoms with Gasteiger partial charge >= 0.3 is 0 Å². The number of hydrogen-bond acceptors (Lipinski definition) is 4. The predicted molar refractivity (Wildman–Crippen MR) is 106 cm³/mol. The summed E-state index contributed by atoms with van der Waals surface area (Å²) >= 11 is 0. The number of anilines is 1. The van der Waals surface area contributed by atoms with Gasteiger partial charge in [-0.25, -0.2) is 4.98 Å². The molecule has 5 heteroatoms. The van der Waals surface area contributed by atoms with Gasteiger partial charge in [0, 0.05) is 38.2 Å². The Morgan fingerprint density at radius 1 is 1.27 bits per heavy atom. The van der Waals surface area contributed by atoms with Crippen molar-refractivity contribution in [3.05, 3.63) is 35.9 Å². The van der Waals surface area contributed by atoms with Gasteiger partial charge in [0.15, 0.2) is 0 Å². The number of carbonyl (C=O) groups excluding carboxylic acids is 1. The molecule has 1 aromatic carbocycles. The molecule has 0 radical (unpaired) electrons. The Morgan fingerprint density at radius 3 is 2.81 bits per heavy atom. The third-order valence-corrected chi connectivity index (χ3v) is 4.56. The van der Waals surface area contributed by atoms with Crippen LogP contribution in [-0.2, 0) is 4.74 Å². The molecule has 140 valence electrons. The van der Waals surface area contributed by atoms with Crippen molar-refractivity contribution in [1.29, 1.82) is 0 Å². The van der Waals surface area contributed by atoms with Crippen LogP contribution in [0.1, 0.15) is 43.5 Å². The van der Waals surface area contributed by atoms with Crippen LogP contribution in [0, 0.1) is 5.92 Å². The number of aromatic nitrogens is 1. The van der Waals surface area contributed by atoms with E-state index in [1.54, 1.807) is 0 Å². The number of nitrogens with one attached hydrogen (secondary N) is 1. The highest BCUT2D eigenvalue weighted by atomic mass is 16.5. The maximum Gasteiger partial charge on any atom is 0.255 e. The Bertz CT molecular complexity index is 739. The van der Waals surface area contributed by atoms with Gasteiger partial charge < -0.3 is 15.0 Å². The summed E-state index contributed by atoms with van der Waals surface area (Å²) in [5, 5.41) is 4.03. The molecule has 0 spiro atoms. The number of hydrogen-bond donors (Lipinski definition) is 1. The monoisotopic (exact) mass is 355 g/mol. The van der Waals surface area contributed by atoms with Gasteiger partial charge in [0.05, 0.1) is 11.1 Å². The lowest BCUT2D eigenvalue weighted by molar-refractivity contribution is 0.0925. The van der Waals surface area contributed by atoms with Crippen molar-refractivity contribution in [3.8, 4) is 0 Å². The lowest BCUT2D eigenvalue weighted by Crippen LogP contribution is -2.29. The van der Waals surface area contributed by atoms with Crippen molar-refractivity contribution >= 4 is 22.6 Å². The summed E-state index contributed by atoms with van der Waals surface area (Å²) < 4.78 is 5.57. The zero-order chi connectivity index (χ0) is 18.4. The molecule has 1 saturated heterocycles. The molecule has 0 bridgehead atoms. The molecular weight excluding hydrogens is 326 g/mol. The Morgan fingerprint density at radius 2 is 2.04 bits per heavy atom. The van der Waals surface area contributed by atoms with E-state index < -0.39 is 0 Å².